The molecule has 0 amide bonds. The molecule has 450 valence electrons. The van der Waals surface area contributed by atoms with E-state index in [0.29, 0.717) is 5.56 Å². The van der Waals surface area contributed by atoms with E-state index in [1.54, 1.807) is 6.92 Å². The lowest BCUT2D eigenvalue weighted by atomic mass is 10.1. The molecule has 32 nitrogen and oxygen atoms in total. The summed E-state index contributed by atoms with van der Waals surface area (Å²) < 4.78 is 205. The first kappa shape index (κ1) is 64.9. The van der Waals surface area contributed by atoms with Crippen LogP contribution in [0.1, 0.15) is 35.1 Å². The van der Waals surface area contributed by atoms with E-state index in [-0.39, 0.29) is 130 Å². The Hall–Kier alpha value is -7.63. The van der Waals surface area contributed by atoms with Gasteiger partial charge in [-0.3, -0.25) is 27.2 Å². The Morgan fingerprint density at radius 3 is 1.96 bits per heavy atom. The Balaban J connectivity index is 0.00000251. The monoisotopic (exact) mass is 1330 g/mol. The largest absolute Gasteiger partial charge is 0.493 e. The van der Waals surface area contributed by atoms with Gasteiger partial charge in [0.25, 0.3) is 50.6 Å². The number of nitrogens with zero attached hydrogens (tertiary/aromatic N) is 10. The minimum absolute atomic E-state index is 0.0115. The number of azo groups is 3. The minimum atomic E-state index is -4.92. The van der Waals surface area contributed by atoms with Gasteiger partial charge in [0.15, 0.2) is 17.1 Å². The maximum Gasteiger partial charge on any atom is 0.425 e. The van der Waals surface area contributed by atoms with Gasteiger partial charge in [0, 0.05) is 27.5 Å². The Morgan fingerprint density at radius 1 is 0.718 bits per heavy atom. The zero-order valence-electron chi connectivity index (χ0n) is 43.2. The molecule has 0 radical (unpaired) electrons. The molecule has 0 bridgehead atoms. The summed E-state index contributed by atoms with van der Waals surface area (Å²) in [4.78, 5) is 7.04. The molecule has 8 rings (SSSR count). The number of fused-ring (bicyclic) bond motifs is 6. The lowest BCUT2D eigenvalue weighted by molar-refractivity contribution is 0.282. The van der Waals surface area contributed by atoms with E-state index in [1.165, 1.54) is 43.3 Å². The van der Waals surface area contributed by atoms with E-state index in [9.17, 15) is 80.3 Å². The Morgan fingerprint density at radius 2 is 1.35 bits per heavy atom. The molecule has 3 heterocycles. The first-order valence-electron chi connectivity index (χ1n) is 23.2. The van der Waals surface area contributed by atoms with E-state index < -0.39 is 99.9 Å². The van der Waals surface area contributed by atoms with Crippen molar-refractivity contribution in [3.05, 3.63) is 82.9 Å². The summed E-state index contributed by atoms with van der Waals surface area (Å²) in [6, 6.07) is 14.1. The van der Waals surface area contributed by atoms with Gasteiger partial charge in [0.2, 0.25) is 11.0 Å². The Bertz CT molecular complexity index is 4910. The molecule has 0 atom stereocenters. The summed E-state index contributed by atoms with van der Waals surface area (Å²) >= 11 is 1.77. The number of aromatic nitrogens is 3. The van der Waals surface area contributed by atoms with Crippen molar-refractivity contribution >= 4 is 156 Å². The summed E-state index contributed by atoms with van der Waals surface area (Å²) in [6.07, 6.45) is -0.278. The first-order chi connectivity index (χ1) is 39.6. The highest BCUT2D eigenvalue weighted by Gasteiger charge is 2.27. The number of aliphatic hydroxyl groups excluding tert-OH is 1. The van der Waals surface area contributed by atoms with Crippen LogP contribution in [0.5, 0.6) is 17.4 Å². The molecule has 40 heteroatoms. The second kappa shape index (κ2) is 25.5. The van der Waals surface area contributed by atoms with Gasteiger partial charge < -0.3 is 19.7 Å². The zero-order valence-corrected chi connectivity index (χ0v) is 49.7. The van der Waals surface area contributed by atoms with Gasteiger partial charge in [-0.15, -0.1) is 50.0 Å². The molecule has 0 saturated heterocycles. The summed E-state index contributed by atoms with van der Waals surface area (Å²) in [6.45, 7) is 1.98. The number of methoxy groups -OCH3 is 1. The second-order valence-electron chi connectivity index (χ2n) is 17.4. The van der Waals surface area contributed by atoms with Crippen molar-refractivity contribution in [3.8, 4) is 23.4 Å². The van der Waals surface area contributed by atoms with Crippen molar-refractivity contribution in [2.24, 2.45) is 30.7 Å². The van der Waals surface area contributed by atoms with Gasteiger partial charge in [0.05, 0.1) is 64.0 Å². The molecular weight excluding hydrogens is 1290 g/mol. The summed E-state index contributed by atoms with van der Waals surface area (Å²) in [5.41, 5.74) is -0.340. The van der Waals surface area contributed by atoms with Crippen LogP contribution in [0.3, 0.4) is 0 Å². The molecular formula is C45H40N10O22S8. The number of hydrogen-bond donors (Lipinski definition) is 7. The average molecular weight is 1330 g/mol. The van der Waals surface area contributed by atoms with Crippen molar-refractivity contribution in [1.82, 2.24) is 14.4 Å². The highest BCUT2D eigenvalue weighted by Crippen LogP contribution is 2.45. The molecule has 3 aromatic heterocycles. The van der Waals surface area contributed by atoms with Gasteiger partial charge in [-0.2, -0.15) is 52.5 Å². The number of aliphatic hydroxyl groups is 1. The van der Waals surface area contributed by atoms with Crippen LogP contribution in [0.4, 0.5) is 33.6 Å². The molecule has 5 aromatic carbocycles. The number of aryl methyl sites for hydroxylation is 1. The van der Waals surface area contributed by atoms with Crippen LogP contribution in [0.25, 0.3) is 37.7 Å². The smallest absolute Gasteiger partial charge is 0.425 e. The van der Waals surface area contributed by atoms with Crippen LogP contribution in [0.2, 0.25) is 0 Å². The van der Waals surface area contributed by atoms with Crippen molar-refractivity contribution in [3.63, 3.8) is 0 Å². The lowest BCUT2D eigenvalue weighted by Crippen LogP contribution is -2.08. The molecule has 0 aliphatic carbocycles. The lowest BCUT2D eigenvalue weighted by Gasteiger charge is -2.12. The van der Waals surface area contributed by atoms with Crippen LogP contribution in [0, 0.1) is 25.2 Å². The van der Waals surface area contributed by atoms with Crippen LogP contribution >= 0.6 is 23.1 Å². The van der Waals surface area contributed by atoms with E-state index in [1.807, 2.05) is 6.07 Å². The van der Waals surface area contributed by atoms with E-state index in [2.05, 4.69) is 40.7 Å². The summed E-state index contributed by atoms with van der Waals surface area (Å²) in [5, 5.41) is 58.3. The van der Waals surface area contributed by atoms with Gasteiger partial charge in [-0.1, -0.05) is 17.4 Å². The van der Waals surface area contributed by atoms with Crippen LogP contribution < -0.4 is 9.47 Å². The van der Waals surface area contributed by atoms with E-state index >= 15 is 0 Å². The molecule has 0 saturated carbocycles. The van der Waals surface area contributed by atoms with Gasteiger partial charge >= 0.3 is 10.6 Å². The fraction of sp³-hybridized carbons (Fsp3) is 0.222. The summed E-state index contributed by atoms with van der Waals surface area (Å²) in [5.74, 6) is -2.34. The van der Waals surface area contributed by atoms with Crippen LogP contribution in [-0.2, 0) is 67.8 Å². The molecule has 0 aliphatic heterocycles. The molecule has 0 aliphatic rings. The highest BCUT2D eigenvalue weighted by atomic mass is 32.2. The third-order valence-corrected chi connectivity index (χ3v) is 18.0. The number of nitriles is 1. The average Bonchev–Trinajstić information content (AvgIpc) is 1.71. The van der Waals surface area contributed by atoms with Crippen LogP contribution in [-0.4, -0.2) is 133 Å². The van der Waals surface area contributed by atoms with Crippen LogP contribution in [0.15, 0.2) is 111 Å². The van der Waals surface area contributed by atoms with Crippen molar-refractivity contribution in [2.45, 2.75) is 52.9 Å². The fourth-order valence-corrected chi connectivity index (χ4v) is 12.9. The second-order valence-corrected chi connectivity index (χ2v) is 27.2. The van der Waals surface area contributed by atoms with E-state index in [0.717, 1.165) is 58.9 Å². The number of ether oxygens (including phenoxy) is 2. The summed E-state index contributed by atoms with van der Waals surface area (Å²) in [7, 11) is -25.2. The molecule has 0 spiro atoms. The standard InChI is InChI=1S/C45H40N10O19S7.O3S/c1-22-14-31(51-53-38-23(2)28(20-46)43-47-39-33(55(43)44(38)57)8-9-36(41(39)73-3)80(67,68)69)34(74-10-4-12-77(58,59)60)18-29(22)49-52-32-15-25(21-56)30(19-35(32)75-11-5-13-78(61,62)63)50-54-45-48-40-37(81(70,71)72)16-24-6-7-26(79(64,65)66)17-27(24)42(40)76-45;1-4(2)3/h6-9,14-19,56-57H,4-5,10-13,21H2,1-3H3,(H,58,59,60)(H,61,62,63)(H,64,65,66)(H,67,68,69)(H,70,71,72);. The number of thioether (sulfide) groups is 1. The number of pyridine rings is 1. The quantitative estimate of drug-likeness (QED) is 0.0155. The molecule has 85 heavy (non-hydrogen) atoms. The zero-order chi connectivity index (χ0) is 62.7. The SMILES string of the molecule is COc1c(S(=O)(=O)O)ccc2c1nc1c(C#N)c(C)c(N=Nc3cc(C)c(N=Nc4cc(CO)c(N=Nc5nc6c(S(=O)(=O)O)cc7ccc(S(=O)(=O)O)cc7c6s5)cc4SCCCS(=O)(=O)O)cc3OCCCS(=O)(=O)O)c(O)n12.O=S(=O)=O. The predicted octanol–water partition coefficient (Wildman–Crippen LogP) is 7.95. The highest BCUT2D eigenvalue weighted by molar-refractivity contribution is 7.99. The third kappa shape index (κ3) is 15.4. The maximum atomic E-state index is 12.5. The molecule has 0 fully saturated rings. The minimum Gasteiger partial charge on any atom is -0.493 e. The van der Waals surface area contributed by atoms with Crippen molar-refractivity contribution < 1.29 is 97.2 Å². The van der Waals surface area contributed by atoms with Crippen molar-refractivity contribution in [2.75, 3.05) is 31.0 Å². The normalized spacial score (nSPS) is 12.7. The van der Waals surface area contributed by atoms with Gasteiger partial charge in [-0.25, -0.2) is 9.97 Å². The first-order valence-corrected chi connectivity index (χ1v) is 33.5. The number of rotatable bonds is 21. The van der Waals surface area contributed by atoms with E-state index in [4.69, 9.17) is 22.1 Å². The topological polar surface area (TPSA) is 510 Å². The molecule has 8 aromatic rings. The number of imidazole rings is 1. The number of benzene rings is 5. The Labute approximate surface area is 490 Å². The van der Waals surface area contributed by atoms with Gasteiger partial charge in [-0.05, 0) is 91.9 Å². The molecule has 7 N–H and O–H groups in total. The maximum absolute atomic E-state index is 12.5. The predicted molar refractivity (Wildman–Crippen MR) is 301 cm³/mol. The third-order valence-electron chi connectivity index (χ3n) is 11.7. The number of thiazole rings is 1. The number of hydrogen-bond acceptors (Lipinski definition) is 28. The van der Waals surface area contributed by atoms with Crippen molar-refractivity contribution in [1.29, 1.82) is 5.26 Å². The molecule has 0 unspecified atom stereocenters. The fourth-order valence-electron chi connectivity index (χ4n) is 7.96. The van der Waals surface area contributed by atoms with Gasteiger partial charge in [0.1, 0.15) is 43.9 Å². The number of aromatic hydroxyl groups is 1. The Kier molecular flexibility index (Phi) is 19.5.